The smallest absolute Gasteiger partial charge is 0.0645 e. The quantitative estimate of drug-likeness (QED) is 0.140. The Morgan fingerprint density at radius 2 is 0.810 bits per heavy atom. The molecule has 0 saturated carbocycles. The number of fused-ring (bicyclic) bond motifs is 2. The maximum absolute atomic E-state index is 9.96. The Bertz CT molecular complexity index is 3750. The van der Waals surface area contributed by atoms with Gasteiger partial charge in [0.05, 0.1) is 15.3 Å². The fourth-order valence-corrected chi connectivity index (χ4v) is 8.50. The van der Waals surface area contributed by atoms with E-state index in [-0.39, 0.29) is 64.8 Å². The molecule has 11 rings (SSSR count). The molecule has 0 spiro atoms. The molecule has 0 bridgehead atoms. The second kappa shape index (κ2) is 16.7. The third kappa shape index (κ3) is 7.47. The van der Waals surface area contributed by atoms with Gasteiger partial charge in [0.15, 0.2) is 0 Å². The molecule has 0 N–H and O–H groups in total. The van der Waals surface area contributed by atoms with Crippen LogP contribution in [0.25, 0.3) is 88.3 Å². The van der Waals surface area contributed by atoms with Crippen molar-refractivity contribution >= 4 is 38.6 Å². The van der Waals surface area contributed by atoms with Crippen LogP contribution in [0.3, 0.4) is 0 Å². The van der Waals surface area contributed by atoms with Gasteiger partial charge in [-0.05, 0) is 131 Å². The number of benzene rings is 11. The summed E-state index contributed by atoms with van der Waals surface area (Å²) in [6.07, 6.45) is 0. The van der Waals surface area contributed by atoms with Crippen molar-refractivity contribution in [3.05, 3.63) is 261 Å². The van der Waals surface area contributed by atoms with E-state index < -0.39 is 0 Å². The Kier molecular flexibility index (Phi) is 8.12. The van der Waals surface area contributed by atoms with Crippen LogP contribution < -0.4 is 4.90 Å². The molecule has 0 aliphatic heterocycles. The summed E-state index contributed by atoms with van der Waals surface area (Å²) in [5, 5.41) is 4.20. The average Bonchev–Trinajstić information content (AvgIpc) is 3.41. The van der Waals surface area contributed by atoms with Crippen LogP contribution in [0.1, 0.15) is 9.60 Å². The predicted octanol–water partition coefficient (Wildman–Crippen LogP) is 17.5. The summed E-state index contributed by atoms with van der Waals surface area (Å²) >= 11 is 0. The second-order valence-corrected chi connectivity index (χ2v) is 15.5. The Balaban J connectivity index is 1.15. The summed E-state index contributed by atoms with van der Waals surface area (Å²) in [6, 6.07) is 69.0. The molecule has 11 aromatic rings. The molecule has 0 heterocycles. The first-order chi connectivity index (χ1) is 34.2. The van der Waals surface area contributed by atoms with Crippen molar-refractivity contribution in [2.75, 3.05) is 4.90 Å². The molecule has 11 aromatic carbocycles. The van der Waals surface area contributed by atoms with E-state index in [9.17, 15) is 9.60 Å². The lowest BCUT2D eigenvalue weighted by Gasteiger charge is -2.29. The molecule has 0 atom stereocenters. The largest absolute Gasteiger partial charge is 0.310 e. The first-order valence-electron chi connectivity index (χ1n) is 24.6. The van der Waals surface area contributed by atoms with E-state index in [4.69, 9.17) is 0 Å². The van der Waals surface area contributed by atoms with Gasteiger partial charge in [-0.15, -0.1) is 0 Å². The van der Waals surface area contributed by atoms with Gasteiger partial charge in [-0.25, -0.2) is 0 Å². The number of anilines is 3. The van der Waals surface area contributed by atoms with Crippen LogP contribution in [-0.4, -0.2) is 0 Å². The van der Waals surface area contributed by atoms with Gasteiger partial charge < -0.3 is 4.90 Å². The predicted molar refractivity (Wildman–Crippen MR) is 269 cm³/mol. The molecule has 0 aromatic heterocycles. The lowest BCUT2D eigenvalue weighted by atomic mass is 9.89. The molecule has 0 amide bonds. The number of rotatable bonds is 9. The monoisotopic (exact) mass is 808 g/mol. The molecular formula is C62H43N. The second-order valence-electron chi connectivity index (χ2n) is 15.5. The molecule has 1 nitrogen and oxygen atoms in total. The highest BCUT2D eigenvalue weighted by molar-refractivity contribution is 6.04. The SMILES string of the molecule is [2H]c1c([2H])c(N(c2ccc(-c3cccc(-c4ccc5ccccc5c4)c3)cc2)c2c([2H])c([2H])c(-c3ccc4ccccc4c3-c3ccccc3)c([2H])c2[2H])c(-c2ccccc2)c([2H])c1-c1ccccc1. The van der Waals surface area contributed by atoms with Gasteiger partial charge in [-0.2, -0.15) is 0 Å². The van der Waals surface area contributed by atoms with Gasteiger partial charge >= 0.3 is 0 Å². The van der Waals surface area contributed by atoms with Crippen molar-refractivity contribution in [1.82, 2.24) is 0 Å². The van der Waals surface area contributed by atoms with Gasteiger partial charge in [0.1, 0.15) is 0 Å². The fraction of sp³-hybridized carbons (Fsp3) is 0. The summed E-state index contributed by atoms with van der Waals surface area (Å²) in [4.78, 5) is 1.56. The van der Waals surface area contributed by atoms with Gasteiger partial charge in [0, 0.05) is 16.9 Å². The summed E-state index contributed by atoms with van der Waals surface area (Å²) in [6.45, 7) is 0. The molecule has 0 fully saturated rings. The molecule has 1 heteroatoms. The van der Waals surface area contributed by atoms with E-state index in [1.165, 1.54) is 5.39 Å². The highest BCUT2D eigenvalue weighted by Crippen LogP contribution is 2.45. The molecule has 0 radical (unpaired) electrons. The van der Waals surface area contributed by atoms with Crippen molar-refractivity contribution < 1.29 is 9.60 Å². The summed E-state index contributed by atoms with van der Waals surface area (Å²) in [7, 11) is 0. The van der Waals surface area contributed by atoms with Crippen LogP contribution in [0.2, 0.25) is 0 Å². The Labute approximate surface area is 379 Å². The molecule has 296 valence electrons. The minimum atomic E-state index is -0.334. The van der Waals surface area contributed by atoms with E-state index in [1.54, 1.807) is 4.90 Å². The summed E-state index contributed by atoms with van der Waals surface area (Å²) < 4.78 is 69.0. The van der Waals surface area contributed by atoms with Crippen LogP contribution >= 0.6 is 0 Å². The summed E-state index contributed by atoms with van der Waals surface area (Å²) in [5.74, 6) is 0. The van der Waals surface area contributed by atoms with E-state index in [0.717, 1.165) is 49.5 Å². The molecule has 0 unspecified atom stereocenters. The van der Waals surface area contributed by atoms with Crippen LogP contribution in [0.15, 0.2) is 261 Å². The lowest BCUT2D eigenvalue weighted by molar-refractivity contribution is 1.28. The first-order valence-corrected chi connectivity index (χ1v) is 21.1. The van der Waals surface area contributed by atoms with Crippen molar-refractivity contribution in [2.45, 2.75) is 0 Å². The standard InChI is InChI=1S/C62H43N/c1-4-15-44(16-5-1)55-34-40-61(60(43-55)47-18-6-2-7-19-47)63(56-35-29-46(30-36-56)52-24-14-25-53(41-52)54-28-27-45-17-10-11-23-51(45)42-54)57-37-31-49(32-38-57)59-39-33-48-20-12-13-26-58(48)62(59)50-21-8-3-9-22-50/h1-43H/i31D,32D,34D,37D,38D,40D,43D. The van der Waals surface area contributed by atoms with E-state index in [0.29, 0.717) is 27.9 Å². The van der Waals surface area contributed by atoms with Crippen molar-refractivity contribution in [3.63, 3.8) is 0 Å². The maximum Gasteiger partial charge on any atom is 0.0645 e. The van der Waals surface area contributed by atoms with E-state index >= 15 is 0 Å². The highest BCUT2D eigenvalue weighted by atomic mass is 15.1. The molecule has 0 aliphatic carbocycles. The van der Waals surface area contributed by atoms with Crippen molar-refractivity contribution in [2.24, 2.45) is 0 Å². The van der Waals surface area contributed by atoms with Crippen LogP contribution in [-0.2, 0) is 0 Å². The van der Waals surface area contributed by atoms with E-state index in [2.05, 4.69) is 42.5 Å². The number of nitrogens with zero attached hydrogens (tertiary/aromatic N) is 1. The minimum absolute atomic E-state index is 0.00364. The zero-order valence-corrected chi connectivity index (χ0v) is 34.2. The summed E-state index contributed by atoms with van der Waals surface area (Å²) in [5.41, 5.74) is 8.54. The Morgan fingerprint density at radius 1 is 0.286 bits per heavy atom. The topological polar surface area (TPSA) is 3.24 Å². The van der Waals surface area contributed by atoms with Gasteiger partial charge in [0.25, 0.3) is 0 Å². The first kappa shape index (κ1) is 30.7. The van der Waals surface area contributed by atoms with Gasteiger partial charge in [-0.1, -0.05) is 212 Å². The van der Waals surface area contributed by atoms with Crippen LogP contribution in [0.4, 0.5) is 17.1 Å². The molecule has 63 heavy (non-hydrogen) atoms. The zero-order chi connectivity index (χ0) is 48.0. The fourth-order valence-electron chi connectivity index (χ4n) is 8.50. The number of hydrogen-bond acceptors (Lipinski definition) is 1. The normalized spacial score (nSPS) is 12.7. The van der Waals surface area contributed by atoms with E-state index in [1.807, 2.05) is 176 Å². The zero-order valence-electron chi connectivity index (χ0n) is 41.2. The lowest BCUT2D eigenvalue weighted by Crippen LogP contribution is -2.11. The van der Waals surface area contributed by atoms with Crippen molar-refractivity contribution in [1.29, 1.82) is 0 Å². The maximum atomic E-state index is 9.96. The van der Waals surface area contributed by atoms with Gasteiger partial charge in [0.2, 0.25) is 0 Å². The minimum Gasteiger partial charge on any atom is -0.310 e. The molecular weight excluding hydrogens is 759 g/mol. The van der Waals surface area contributed by atoms with Gasteiger partial charge in [-0.3, -0.25) is 0 Å². The Morgan fingerprint density at radius 3 is 1.54 bits per heavy atom. The van der Waals surface area contributed by atoms with Crippen LogP contribution in [0.5, 0.6) is 0 Å². The highest BCUT2D eigenvalue weighted by Gasteiger charge is 2.20. The molecule has 0 aliphatic rings. The Hall–Kier alpha value is -8.26. The van der Waals surface area contributed by atoms with Crippen LogP contribution in [0, 0.1) is 0 Å². The average molecular weight is 809 g/mol. The number of hydrogen-bond donors (Lipinski definition) is 0. The molecule has 0 saturated heterocycles. The third-order valence-corrected chi connectivity index (χ3v) is 11.6. The third-order valence-electron chi connectivity index (χ3n) is 11.6. The van der Waals surface area contributed by atoms with Crippen molar-refractivity contribution in [3.8, 4) is 66.8 Å².